The number of nitrogens with zero attached hydrogens (tertiary/aromatic N) is 5. The molecule has 2 amide bonds. The molecule has 0 radical (unpaired) electrons. The molecule has 32 heavy (non-hydrogen) atoms. The number of ether oxygens (including phenoxy) is 1. The first-order valence-electron chi connectivity index (χ1n) is 11.2. The van der Waals surface area contributed by atoms with Crippen molar-refractivity contribution in [3.8, 4) is 0 Å². The van der Waals surface area contributed by atoms with Crippen LogP contribution in [0.5, 0.6) is 0 Å². The van der Waals surface area contributed by atoms with Crippen LogP contribution in [0.4, 0.5) is 16.6 Å². The molecule has 1 N–H and O–H groups in total. The molecule has 9 heteroatoms. The molecule has 0 saturated carbocycles. The van der Waals surface area contributed by atoms with Gasteiger partial charge in [-0.2, -0.15) is 4.98 Å². The van der Waals surface area contributed by atoms with Gasteiger partial charge in [0.25, 0.3) is 5.91 Å². The Kier molecular flexibility index (Phi) is 6.53. The molecule has 2 saturated heterocycles. The van der Waals surface area contributed by atoms with Gasteiger partial charge in [-0.3, -0.25) is 14.7 Å². The Labute approximate surface area is 188 Å². The molecule has 1 unspecified atom stereocenters. The number of likely N-dealkylation sites (tertiary alicyclic amines) is 1. The lowest BCUT2D eigenvalue weighted by molar-refractivity contribution is 0.0683. The fourth-order valence-corrected chi connectivity index (χ4v) is 4.34. The van der Waals surface area contributed by atoms with E-state index in [0.29, 0.717) is 42.9 Å². The highest BCUT2D eigenvalue weighted by atomic mass is 16.6. The summed E-state index contributed by atoms with van der Waals surface area (Å²) >= 11 is 0. The number of hydrogen-bond acceptors (Lipinski definition) is 7. The maximum absolute atomic E-state index is 12.7. The van der Waals surface area contributed by atoms with Crippen LogP contribution in [0.2, 0.25) is 0 Å². The Hall–Kier alpha value is -3.23. The molecule has 2 aliphatic heterocycles. The molecule has 4 rings (SSSR count). The van der Waals surface area contributed by atoms with Crippen LogP contribution in [0.25, 0.3) is 0 Å². The zero-order valence-electron chi connectivity index (χ0n) is 18.8. The number of aromatic nitrogens is 3. The molecule has 2 aliphatic rings. The van der Waals surface area contributed by atoms with Crippen LogP contribution in [0.15, 0.2) is 36.8 Å². The molecule has 0 bridgehead atoms. The second-order valence-electron chi connectivity index (χ2n) is 8.80. The lowest BCUT2D eigenvalue weighted by Crippen LogP contribution is -2.42. The SMILES string of the molecule is CC(C)C1COC(=O)N1c1ccnc(N[C@@H](C)C2CCN(C(=O)c3ccncc3)CC2)n1. The first-order valence-corrected chi connectivity index (χ1v) is 11.2. The Bertz CT molecular complexity index is 946. The number of pyridine rings is 1. The molecule has 0 aromatic carbocycles. The molecular weight excluding hydrogens is 408 g/mol. The number of nitrogens with one attached hydrogen (secondary N) is 1. The van der Waals surface area contributed by atoms with Gasteiger partial charge in [-0.25, -0.2) is 9.78 Å². The van der Waals surface area contributed by atoms with E-state index in [0.717, 1.165) is 12.8 Å². The Morgan fingerprint density at radius 2 is 1.84 bits per heavy atom. The lowest BCUT2D eigenvalue weighted by Gasteiger charge is -2.35. The lowest BCUT2D eigenvalue weighted by atomic mass is 9.90. The number of amides is 2. The predicted octanol–water partition coefficient (Wildman–Crippen LogP) is 3.21. The smallest absolute Gasteiger partial charge is 0.415 e. The van der Waals surface area contributed by atoms with Crippen molar-refractivity contribution in [2.24, 2.45) is 11.8 Å². The first-order chi connectivity index (χ1) is 15.4. The van der Waals surface area contributed by atoms with Gasteiger partial charge < -0.3 is 15.0 Å². The molecule has 2 aromatic heterocycles. The van der Waals surface area contributed by atoms with Gasteiger partial charge in [-0.1, -0.05) is 13.8 Å². The predicted molar refractivity (Wildman–Crippen MR) is 120 cm³/mol. The van der Waals surface area contributed by atoms with Crippen LogP contribution < -0.4 is 10.2 Å². The highest BCUT2D eigenvalue weighted by Crippen LogP contribution is 2.27. The van der Waals surface area contributed by atoms with E-state index in [1.165, 1.54) is 0 Å². The van der Waals surface area contributed by atoms with Crippen LogP contribution in [-0.4, -0.2) is 63.6 Å². The van der Waals surface area contributed by atoms with Gasteiger partial charge in [0.15, 0.2) is 0 Å². The third-order valence-corrected chi connectivity index (χ3v) is 6.38. The Balaban J connectivity index is 1.36. The van der Waals surface area contributed by atoms with E-state index in [2.05, 4.69) is 41.0 Å². The van der Waals surface area contributed by atoms with E-state index < -0.39 is 0 Å². The van der Waals surface area contributed by atoms with Gasteiger partial charge in [-0.05, 0) is 49.8 Å². The standard InChI is InChI=1S/C23H30N6O3/c1-15(2)19-14-32-23(31)29(19)20-6-11-25-22(27-20)26-16(3)17-7-12-28(13-8-17)21(30)18-4-9-24-10-5-18/h4-6,9-11,15-17,19H,7-8,12-14H2,1-3H3,(H,25,26,27)/t16-,19?/m0/s1. The summed E-state index contributed by atoms with van der Waals surface area (Å²) in [7, 11) is 0. The first kappa shape index (κ1) is 22.0. The van der Waals surface area contributed by atoms with Crippen molar-refractivity contribution in [3.05, 3.63) is 42.4 Å². The monoisotopic (exact) mass is 438 g/mol. The number of rotatable bonds is 6. The fraction of sp³-hybridized carbons (Fsp3) is 0.522. The van der Waals surface area contributed by atoms with Crippen molar-refractivity contribution < 1.29 is 14.3 Å². The minimum atomic E-state index is -0.368. The number of hydrogen-bond donors (Lipinski definition) is 1. The molecule has 2 atom stereocenters. The van der Waals surface area contributed by atoms with Gasteiger partial charge >= 0.3 is 6.09 Å². The van der Waals surface area contributed by atoms with E-state index in [-0.39, 0.29) is 30.0 Å². The van der Waals surface area contributed by atoms with E-state index in [1.807, 2.05) is 4.90 Å². The van der Waals surface area contributed by atoms with Crippen molar-refractivity contribution in [1.29, 1.82) is 0 Å². The molecule has 170 valence electrons. The molecule has 2 fully saturated rings. The zero-order valence-corrected chi connectivity index (χ0v) is 18.8. The highest BCUT2D eigenvalue weighted by molar-refractivity contribution is 5.94. The second-order valence-corrected chi connectivity index (χ2v) is 8.80. The van der Waals surface area contributed by atoms with Crippen LogP contribution in [0.1, 0.15) is 44.0 Å². The third kappa shape index (κ3) is 4.66. The highest BCUT2D eigenvalue weighted by Gasteiger charge is 2.37. The summed E-state index contributed by atoms with van der Waals surface area (Å²) in [6.45, 7) is 8.04. The maximum Gasteiger partial charge on any atom is 0.415 e. The van der Waals surface area contributed by atoms with Crippen molar-refractivity contribution in [2.75, 3.05) is 29.9 Å². The van der Waals surface area contributed by atoms with Crippen molar-refractivity contribution in [3.63, 3.8) is 0 Å². The zero-order chi connectivity index (χ0) is 22.7. The minimum absolute atomic E-state index is 0.0371. The average Bonchev–Trinajstić information content (AvgIpc) is 3.21. The summed E-state index contributed by atoms with van der Waals surface area (Å²) in [4.78, 5) is 41.3. The van der Waals surface area contributed by atoms with Crippen LogP contribution in [-0.2, 0) is 4.74 Å². The van der Waals surface area contributed by atoms with Gasteiger partial charge in [0.2, 0.25) is 5.95 Å². The Morgan fingerprint density at radius 3 is 2.53 bits per heavy atom. The normalized spacial score (nSPS) is 20.4. The van der Waals surface area contributed by atoms with Crippen molar-refractivity contribution in [2.45, 2.75) is 45.7 Å². The fourth-order valence-electron chi connectivity index (χ4n) is 4.34. The van der Waals surface area contributed by atoms with E-state index >= 15 is 0 Å². The van der Waals surface area contributed by atoms with Crippen molar-refractivity contribution >= 4 is 23.8 Å². The molecule has 0 aliphatic carbocycles. The summed E-state index contributed by atoms with van der Waals surface area (Å²) in [5.74, 6) is 1.75. The van der Waals surface area contributed by atoms with Crippen molar-refractivity contribution in [1.82, 2.24) is 19.9 Å². The summed E-state index contributed by atoms with van der Waals surface area (Å²) < 4.78 is 5.24. The molecule has 4 heterocycles. The number of piperidine rings is 1. The molecule has 2 aromatic rings. The van der Waals surface area contributed by atoms with Gasteiger partial charge in [0.05, 0.1) is 6.04 Å². The van der Waals surface area contributed by atoms with Crippen LogP contribution >= 0.6 is 0 Å². The van der Waals surface area contributed by atoms with Gasteiger partial charge in [-0.15, -0.1) is 0 Å². The minimum Gasteiger partial charge on any atom is -0.447 e. The largest absolute Gasteiger partial charge is 0.447 e. The second kappa shape index (κ2) is 9.50. The maximum atomic E-state index is 12.7. The number of anilines is 2. The quantitative estimate of drug-likeness (QED) is 0.739. The average molecular weight is 439 g/mol. The molecule has 9 nitrogen and oxygen atoms in total. The van der Waals surface area contributed by atoms with E-state index in [1.54, 1.807) is 41.7 Å². The van der Waals surface area contributed by atoms with E-state index in [4.69, 9.17) is 4.74 Å². The summed E-state index contributed by atoms with van der Waals surface area (Å²) in [6, 6.07) is 5.34. The van der Waals surface area contributed by atoms with Crippen LogP contribution in [0, 0.1) is 11.8 Å². The Morgan fingerprint density at radius 1 is 1.12 bits per heavy atom. The van der Waals surface area contributed by atoms with Gasteiger partial charge in [0, 0.05) is 43.3 Å². The summed E-state index contributed by atoms with van der Waals surface area (Å²) in [5.41, 5.74) is 0.676. The molecule has 0 spiro atoms. The topological polar surface area (TPSA) is 101 Å². The van der Waals surface area contributed by atoms with E-state index in [9.17, 15) is 9.59 Å². The third-order valence-electron chi connectivity index (χ3n) is 6.38. The van der Waals surface area contributed by atoms with Gasteiger partial charge in [0.1, 0.15) is 12.4 Å². The number of carbonyl (C=O) groups excluding carboxylic acids is 2. The number of cyclic esters (lactones) is 1. The number of carbonyl (C=O) groups is 2. The summed E-state index contributed by atoms with van der Waals surface area (Å²) in [5, 5.41) is 3.40. The molecular formula is C23H30N6O3. The van der Waals surface area contributed by atoms with Crippen LogP contribution in [0.3, 0.4) is 0 Å². The summed E-state index contributed by atoms with van der Waals surface area (Å²) in [6.07, 6.45) is 6.39.